The minimum atomic E-state index is 0.106. The Labute approximate surface area is 149 Å². The largest absolute Gasteiger partial charge is 0.497 e. The second kappa shape index (κ2) is 7.18. The second-order valence-electron chi connectivity index (χ2n) is 7.23. The van der Waals surface area contributed by atoms with E-state index in [2.05, 4.69) is 34.8 Å². The number of rotatable bonds is 4. The number of aryl methyl sites for hydroxylation is 2. The van der Waals surface area contributed by atoms with E-state index in [0.717, 1.165) is 38.0 Å². The van der Waals surface area contributed by atoms with Crippen LogP contribution in [-0.4, -0.2) is 35.6 Å². The number of benzene rings is 1. The lowest BCUT2D eigenvalue weighted by molar-refractivity contribution is -0.0143. The van der Waals surface area contributed by atoms with Gasteiger partial charge in [0.15, 0.2) is 0 Å². The summed E-state index contributed by atoms with van der Waals surface area (Å²) < 4.78 is 13.3. The van der Waals surface area contributed by atoms with Crippen LogP contribution in [0, 0.1) is 0 Å². The van der Waals surface area contributed by atoms with Crippen molar-refractivity contribution in [3.63, 3.8) is 0 Å². The summed E-state index contributed by atoms with van der Waals surface area (Å²) >= 11 is 0. The fourth-order valence-corrected chi connectivity index (χ4v) is 4.17. The summed E-state index contributed by atoms with van der Waals surface area (Å²) in [7, 11) is 3.69. The summed E-state index contributed by atoms with van der Waals surface area (Å²) in [5, 5.41) is 8.21. The molecular formula is C20H27N3O2. The Morgan fingerprint density at radius 3 is 3.00 bits per heavy atom. The molecule has 5 nitrogen and oxygen atoms in total. The van der Waals surface area contributed by atoms with E-state index in [-0.39, 0.29) is 6.10 Å². The monoisotopic (exact) mass is 341 g/mol. The highest BCUT2D eigenvalue weighted by molar-refractivity contribution is 5.38. The van der Waals surface area contributed by atoms with Crippen LogP contribution in [-0.2, 0) is 24.6 Å². The van der Waals surface area contributed by atoms with Gasteiger partial charge in [0.05, 0.1) is 13.3 Å². The third kappa shape index (κ3) is 3.58. The van der Waals surface area contributed by atoms with Gasteiger partial charge in [0.1, 0.15) is 11.9 Å². The lowest BCUT2D eigenvalue weighted by Crippen LogP contribution is -2.46. The number of ether oxygens (including phenoxy) is 2. The second-order valence-corrected chi connectivity index (χ2v) is 7.23. The average molecular weight is 341 g/mol. The number of hydrogen-bond donors (Lipinski definition) is 1. The molecule has 0 bridgehead atoms. The summed E-state index contributed by atoms with van der Waals surface area (Å²) in [5.41, 5.74) is 4.05. The first-order chi connectivity index (χ1) is 12.2. The zero-order chi connectivity index (χ0) is 17.2. The van der Waals surface area contributed by atoms with Crippen molar-refractivity contribution in [3.8, 4) is 5.75 Å². The maximum atomic E-state index is 6.10. The molecule has 1 saturated heterocycles. The van der Waals surface area contributed by atoms with Gasteiger partial charge < -0.3 is 14.8 Å². The number of methoxy groups -OCH3 is 1. The molecule has 1 aromatic carbocycles. The lowest BCUT2D eigenvalue weighted by Gasteiger charge is -2.36. The van der Waals surface area contributed by atoms with E-state index in [1.165, 1.54) is 23.1 Å². The summed E-state index contributed by atoms with van der Waals surface area (Å²) in [4.78, 5) is 0. The van der Waals surface area contributed by atoms with E-state index >= 15 is 0 Å². The van der Waals surface area contributed by atoms with Gasteiger partial charge in [-0.2, -0.15) is 5.10 Å². The minimum absolute atomic E-state index is 0.106. The maximum absolute atomic E-state index is 6.10. The van der Waals surface area contributed by atoms with Crippen LogP contribution in [0.2, 0.25) is 0 Å². The topological polar surface area (TPSA) is 48.3 Å². The Balaban J connectivity index is 1.47. The predicted octanol–water partition coefficient (Wildman–Crippen LogP) is 2.80. The number of nitrogens with zero attached hydrogens (tertiary/aromatic N) is 2. The summed E-state index contributed by atoms with van der Waals surface area (Å²) in [5.74, 6) is 0.952. The molecule has 1 aliphatic heterocycles. The van der Waals surface area contributed by atoms with Crippen molar-refractivity contribution in [1.29, 1.82) is 0 Å². The molecule has 0 spiro atoms. The zero-order valence-electron chi connectivity index (χ0n) is 15.1. The van der Waals surface area contributed by atoms with E-state index in [1.54, 1.807) is 7.11 Å². The molecule has 1 aromatic heterocycles. The van der Waals surface area contributed by atoms with Crippen molar-refractivity contribution in [2.45, 2.75) is 50.3 Å². The Hall–Kier alpha value is -1.85. The molecule has 1 fully saturated rings. The van der Waals surface area contributed by atoms with Crippen molar-refractivity contribution in [1.82, 2.24) is 15.1 Å². The van der Waals surface area contributed by atoms with Crippen LogP contribution in [0.25, 0.3) is 0 Å². The smallest absolute Gasteiger partial charge is 0.119 e. The van der Waals surface area contributed by atoms with E-state index in [1.807, 2.05) is 17.9 Å². The molecule has 25 heavy (non-hydrogen) atoms. The lowest BCUT2D eigenvalue weighted by atomic mass is 9.86. The number of aromatic nitrogens is 2. The Morgan fingerprint density at radius 1 is 1.28 bits per heavy atom. The molecule has 4 rings (SSSR count). The molecule has 2 aliphatic rings. The van der Waals surface area contributed by atoms with E-state index in [0.29, 0.717) is 12.1 Å². The average Bonchev–Trinajstić information content (AvgIpc) is 3.08. The van der Waals surface area contributed by atoms with Crippen LogP contribution in [0.1, 0.15) is 42.1 Å². The molecule has 1 aliphatic carbocycles. The van der Waals surface area contributed by atoms with Crippen molar-refractivity contribution in [2.24, 2.45) is 7.05 Å². The van der Waals surface area contributed by atoms with Gasteiger partial charge in [-0.3, -0.25) is 4.68 Å². The summed E-state index contributed by atoms with van der Waals surface area (Å²) in [6, 6.07) is 7.33. The van der Waals surface area contributed by atoms with Crippen LogP contribution in [0.5, 0.6) is 5.75 Å². The number of nitrogens with one attached hydrogen (secondary N) is 1. The standard InChI is InChI=1S/C20H27N3O2/c1-23-13-16(12-21-23)20-19(4-3-9-25-20)22-17-7-5-14-6-8-18(24-2)11-15(14)10-17/h6,8,11-13,17,19-20,22H,3-5,7,9-10H2,1-2H3/t17-,19-,20+/m0/s1. The number of hydrogen-bond acceptors (Lipinski definition) is 4. The zero-order valence-corrected chi connectivity index (χ0v) is 15.1. The van der Waals surface area contributed by atoms with Gasteiger partial charge in [-0.25, -0.2) is 0 Å². The fourth-order valence-electron chi connectivity index (χ4n) is 4.17. The maximum Gasteiger partial charge on any atom is 0.119 e. The highest BCUT2D eigenvalue weighted by Gasteiger charge is 2.31. The third-order valence-electron chi connectivity index (χ3n) is 5.47. The molecule has 5 heteroatoms. The highest BCUT2D eigenvalue weighted by Crippen LogP contribution is 2.31. The quantitative estimate of drug-likeness (QED) is 0.929. The van der Waals surface area contributed by atoms with Crippen LogP contribution in [0.4, 0.5) is 0 Å². The van der Waals surface area contributed by atoms with Crippen molar-refractivity contribution < 1.29 is 9.47 Å². The van der Waals surface area contributed by atoms with Gasteiger partial charge in [-0.05, 0) is 55.4 Å². The van der Waals surface area contributed by atoms with Gasteiger partial charge in [-0.1, -0.05) is 6.07 Å². The van der Waals surface area contributed by atoms with Crippen LogP contribution in [0.3, 0.4) is 0 Å². The minimum Gasteiger partial charge on any atom is -0.497 e. The Morgan fingerprint density at radius 2 is 2.20 bits per heavy atom. The van der Waals surface area contributed by atoms with Gasteiger partial charge in [-0.15, -0.1) is 0 Å². The van der Waals surface area contributed by atoms with Crippen LogP contribution >= 0.6 is 0 Å². The van der Waals surface area contributed by atoms with Gasteiger partial charge in [0.25, 0.3) is 0 Å². The molecule has 0 unspecified atom stereocenters. The van der Waals surface area contributed by atoms with Crippen molar-refractivity contribution in [3.05, 3.63) is 47.3 Å². The summed E-state index contributed by atoms with van der Waals surface area (Å²) in [6.07, 6.45) is 9.75. The molecule has 2 heterocycles. The molecule has 3 atom stereocenters. The Bertz CT molecular complexity index is 727. The molecule has 1 N–H and O–H groups in total. The first-order valence-electron chi connectivity index (χ1n) is 9.25. The first kappa shape index (κ1) is 16.6. The van der Waals surface area contributed by atoms with Crippen LogP contribution in [0.15, 0.2) is 30.6 Å². The molecule has 0 saturated carbocycles. The van der Waals surface area contributed by atoms with E-state index in [9.17, 15) is 0 Å². The van der Waals surface area contributed by atoms with Gasteiger partial charge >= 0.3 is 0 Å². The molecule has 0 amide bonds. The van der Waals surface area contributed by atoms with E-state index < -0.39 is 0 Å². The normalized spacial score (nSPS) is 26.2. The number of fused-ring (bicyclic) bond motifs is 1. The van der Waals surface area contributed by atoms with Crippen molar-refractivity contribution >= 4 is 0 Å². The van der Waals surface area contributed by atoms with Gasteiger partial charge in [0.2, 0.25) is 0 Å². The summed E-state index contributed by atoms with van der Waals surface area (Å²) in [6.45, 7) is 0.836. The van der Waals surface area contributed by atoms with Crippen LogP contribution < -0.4 is 10.1 Å². The third-order valence-corrected chi connectivity index (χ3v) is 5.47. The highest BCUT2D eigenvalue weighted by atomic mass is 16.5. The molecule has 0 radical (unpaired) electrons. The molecular weight excluding hydrogens is 314 g/mol. The Kier molecular flexibility index (Phi) is 4.77. The molecule has 134 valence electrons. The van der Waals surface area contributed by atoms with Crippen molar-refractivity contribution in [2.75, 3.05) is 13.7 Å². The predicted molar refractivity (Wildman–Crippen MR) is 96.9 cm³/mol. The fraction of sp³-hybridized carbons (Fsp3) is 0.550. The van der Waals surface area contributed by atoms with Gasteiger partial charge in [0, 0.05) is 37.5 Å². The first-order valence-corrected chi connectivity index (χ1v) is 9.25. The van der Waals surface area contributed by atoms with E-state index in [4.69, 9.17) is 9.47 Å². The SMILES string of the molecule is COc1ccc2c(c1)C[C@@H](N[C@H]1CCCO[C@@H]1c1cnn(C)c1)CC2. The molecule has 2 aromatic rings.